The Bertz CT molecular complexity index is 531. The molecular formula is C11H12N2O2. The molecule has 0 amide bonds. The Morgan fingerprint density at radius 1 is 1.33 bits per heavy atom. The first kappa shape index (κ1) is 8.61. The van der Waals surface area contributed by atoms with Crippen molar-refractivity contribution in [3.63, 3.8) is 0 Å². The molecule has 1 aromatic carbocycles. The number of H-pyrrole nitrogens is 1. The van der Waals surface area contributed by atoms with Gasteiger partial charge in [0.1, 0.15) is 0 Å². The molecule has 0 bridgehead atoms. The molecule has 4 heteroatoms. The fraction of sp³-hybridized carbons (Fsp3) is 0.273. The number of hydrogen-bond donors (Lipinski definition) is 2. The third-order valence-electron chi connectivity index (χ3n) is 2.82. The zero-order chi connectivity index (χ0) is 10.4. The maximum absolute atomic E-state index is 5.71. The normalized spacial score (nSPS) is 13.7. The van der Waals surface area contributed by atoms with E-state index in [1.54, 1.807) is 0 Å². The standard InChI is InChI=1S/C11H12N2O2/c1-6-8(4-12)7-2-10-11(15-5-14-10)3-9(7)13-6/h2-3,13H,4-5,12H2,1H3. The average molecular weight is 204 g/mol. The second-order valence-corrected chi connectivity index (χ2v) is 3.68. The molecule has 0 radical (unpaired) electrons. The van der Waals surface area contributed by atoms with E-state index in [1.807, 2.05) is 19.1 Å². The van der Waals surface area contributed by atoms with Gasteiger partial charge in [-0.2, -0.15) is 0 Å². The Hall–Kier alpha value is -1.68. The van der Waals surface area contributed by atoms with Gasteiger partial charge in [-0.15, -0.1) is 0 Å². The van der Waals surface area contributed by atoms with E-state index in [4.69, 9.17) is 15.2 Å². The van der Waals surface area contributed by atoms with Crippen molar-refractivity contribution in [2.24, 2.45) is 5.73 Å². The highest BCUT2D eigenvalue weighted by molar-refractivity contribution is 5.88. The van der Waals surface area contributed by atoms with Crippen molar-refractivity contribution in [3.05, 3.63) is 23.4 Å². The molecule has 78 valence electrons. The van der Waals surface area contributed by atoms with Crippen LogP contribution in [-0.4, -0.2) is 11.8 Å². The molecule has 1 aliphatic heterocycles. The van der Waals surface area contributed by atoms with Crippen LogP contribution in [0.2, 0.25) is 0 Å². The van der Waals surface area contributed by atoms with Gasteiger partial charge < -0.3 is 20.2 Å². The van der Waals surface area contributed by atoms with Gasteiger partial charge in [0.2, 0.25) is 6.79 Å². The van der Waals surface area contributed by atoms with Crippen LogP contribution in [0.1, 0.15) is 11.3 Å². The van der Waals surface area contributed by atoms with E-state index in [0.717, 1.165) is 33.7 Å². The zero-order valence-corrected chi connectivity index (χ0v) is 8.46. The van der Waals surface area contributed by atoms with Gasteiger partial charge in [0.15, 0.2) is 11.5 Å². The summed E-state index contributed by atoms with van der Waals surface area (Å²) < 4.78 is 10.7. The van der Waals surface area contributed by atoms with Gasteiger partial charge in [0.25, 0.3) is 0 Å². The van der Waals surface area contributed by atoms with Crippen LogP contribution in [0.4, 0.5) is 0 Å². The maximum Gasteiger partial charge on any atom is 0.231 e. The highest BCUT2D eigenvalue weighted by Gasteiger charge is 2.17. The van der Waals surface area contributed by atoms with E-state index in [1.165, 1.54) is 0 Å². The Balaban J connectivity index is 2.33. The molecule has 0 aliphatic carbocycles. The molecule has 3 N–H and O–H groups in total. The number of fused-ring (bicyclic) bond motifs is 2. The zero-order valence-electron chi connectivity index (χ0n) is 8.46. The number of rotatable bonds is 1. The molecular weight excluding hydrogens is 192 g/mol. The largest absolute Gasteiger partial charge is 0.454 e. The summed E-state index contributed by atoms with van der Waals surface area (Å²) in [5.41, 5.74) is 9.02. The number of ether oxygens (including phenoxy) is 2. The molecule has 2 heterocycles. The SMILES string of the molecule is Cc1[nH]c2cc3c(cc2c1CN)OCO3. The van der Waals surface area contributed by atoms with Crippen LogP contribution < -0.4 is 15.2 Å². The van der Waals surface area contributed by atoms with Crippen molar-refractivity contribution in [1.29, 1.82) is 0 Å². The number of aromatic nitrogens is 1. The molecule has 0 saturated carbocycles. The van der Waals surface area contributed by atoms with E-state index in [2.05, 4.69) is 4.98 Å². The first-order chi connectivity index (χ1) is 7.29. The van der Waals surface area contributed by atoms with Crippen molar-refractivity contribution in [1.82, 2.24) is 4.98 Å². The van der Waals surface area contributed by atoms with Crippen molar-refractivity contribution >= 4 is 10.9 Å². The minimum Gasteiger partial charge on any atom is -0.454 e. The molecule has 2 aromatic rings. The lowest BCUT2D eigenvalue weighted by Crippen LogP contribution is -1.96. The van der Waals surface area contributed by atoms with Crippen molar-refractivity contribution in [3.8, 4) is 11.5 Å². The Morgan fingerprint density at radius 3 is 2.80 bits per heavy atom. The molecule has 0 atom stereocenters. The number of benzene rings is 1. The van der Waals surface area contributed by atoms with Crippen LogP contribution >= 0.6 is 0 Å². The second kappa shape index (κ2) is 2.90. The molecule has 0 saturated heterocycles. The van der Waals surface area contributed by atoms with Crippen molar-refractivity contribution in [2.75, 3.05) is 6.79 Å². The Morgan fingerprint density at radius 2 is 2.07 bits per heavy atom. The highest BCUT2D eigenvalue weighted by Crippen LogP contribution is 2.37. The molecule has 3 rings (SSSR count). The Labute approximate surface area is 87.0 Å². The third-order valence-corrected chi connectivity index (χ3v) is 2.82. The molecule has 0 unspecified atom stereocenters. The first-order valence-corrected chi connectivity index (χ1v) is 4.90. The van der Waals surface area contributed by atoms with Crippen LogP contribution in [-0.2, 0) is 6.54 Å². The summed E-state index contributed by atoms with van der Waals surface area (Å²) in [6.07, 6.45) is 0. The fourth-order valence-corrected chi connectivity index (χ4v) is 2.04. The van der Waals surface area contributed by atoms with Crippen molar-refractivity contribution in [2.45, 2.75) is 13.5 Å². The van der Waals surface area contributed by atoms with Gasteiger partial charge in [0, 0.05) is 29.2 Å². The molecule has 1 aliphatic rings. The number of nitrogens with two attached hydrogens (primary N) is 1. The second-order valence-electron chi connectivity index (χ2n) is 3.68. The van der Waals surface area contributed by atoms with E-state index >= 15 is 0 Å². The Kier molecular flexibility index (Phi) is 1.67. The lowest BCUT2D eigenvalue weighted by atomic mass is 10.1. The number of aryl methyl sites for hydroxylation is 1. The lowest BCUT2D eigenvalue weighted by molar-refractivity contribution is 0.174. The van der Waals surface area contributed by atoms with Crippen LogP contribution in [0.15, 0.2) is 12.1 Å². The predicted octanol–water partition coefficient (Wildman–Crippen LogP) is 1.66. The monoisotopic (exact) mass is 204 g/mol. The summed E-state index contributed by atoms with van der Waals surface area (Å²) in [4.78, 5) is 3.29. The van der Waals surface area contributed by atoms with Crippen molar-refractivity contribution < 1.29 is 9.47 Å². The molecule has 4 nitrogen and oxygen atoms in total. The van der Waals surface area contributed by atoms with Gasteiger partial charge >= 0.3 is 0 Å². The summed E-state index contributed by atoms with van der Waals surface area (Å²) in [7, 11) is 0. The summed E-state index contributed by atoms with van der Waals surface area (Å²) in [5.74, 6) is 1.60. The number of nitrogens with one attached hydrogen (secondary N) is 1. The minimum atomic E-state index is 0.304. The third kappa shape index (κ3) is 1.11. The molecule has 0 spiro atoms. The highest BCUT2D eigenvalue weighted by atomic mass is 16.7. The molecule has 15 heavy (non-hydrogen) atoms. The summed E-state index contributed by atoms with van der Waals surface area (Å²) >= 11 is 0. The quantitative estimate of drug-likeness (QED) is 0.742. The molecule has 1 aromatic heterocycles. The maximum atomic E-state index is 5.71. The first-order valence-electron chi connectivity index (χ1n) is 4.90. The van der Waals surface area contributed by atoms with Gasteiger partial charge in [-0.1, -0.05) is 0 Å². The van der Waals surface area contributed by atoms with Crippen LogP contribution in [0.5, 0.6) is 11.5 Å². The average Bonchev–Trinajstić information content (AvgIpc) is 2.76. The van der Waals surface area contributed by atoms with E-state index in [0.29, 0.717) is 13.3 Å². The van der Waals surface area contributed by atoms with E-state index in [9.17, 15) is 0 Å². The van der Waals surface area contributed by atoms with Gasteiger partial charge in [-0.05, 0) is 18.6 Å². The van der Waals surface area contributed by atoms with Crippen LogP contribution in [0.25, 0.3) is 10.9 Å². The topological polar surface area (TPSA) is 60.3 Å². The fourth-order valence-electron chi connectivity index (χ4n) is 2.04. The molecule has 0 fully saturated rings. The van der Waals surface area contributed by atoms with Crippen LogP contribution in [0.3, 0.4) is 0 Å². The summed E-state index contributed by atoms with van der Waals surface area (Å²) in [6.45, 7) is 2.86. The van der Waals surface area contributed by atoms with Gasteiger partial charge in [0.05, 0.1) is 0 Å². The van der Waals surface area contributed by atoms with E-state index < -0.39 is 0 Å². The van der Waals surface area contributed by atoms with E-state index in [-0.39, 0.29) is 0 Å². The summed E-state index contributed by atoms with van der Waals surface area (Å²) in [6, 6.07) is 3.95. The number of hydrogen-bond acceptors (Lipinski definition) is 3. The smallest absolute Gasteiger partial charge is 0.231 e. The minimum absolute atomic E-state index is 0.304. The summed E-state index contributed by atoms with van der Waals surface area (Å²) in [5, 5.41) is 1.12. The van der Waals surface area contributed by atoms with Crippen LogP contribution in [0, 0.1) is 6.92 Å². The van der Waals surface area contributed by atoms with Gasteiger partial charge in [-0.3, -0.25) is 0 Å². The van der Waals surface area contributed by atoms with Gasteiger partial charge in [-0.25, -0.2) is 0 Å². The number of aromatic amines is 1. The lowest BCUT2D eigenvalue weighted by Gasteiger charge is -1.98. The predicted molar refractivity (Wildman–Crippen MR) is 57.1 cm³/mol.